The van der Waals surface area contributed by atoms with Crippen molar-refractivity contribution < 1.29 is 32.7 Å². The van der Waals surface area contributed by atoms with Crippen LogP contribution >= 0.6 is 23.2 Å². The molecule has 1 N–H and O–H groups in total. The van der Waals surface area contributed by atoms with Crippen molar-refractivity contribution in [3.63, 3.8) is 0 Å². The largest absolute Gasteiger partial charge is 0.481 e. The normalized spacial score (nSPS) is 27.2. The van der Waals surface area contributed by atoms with E-state index in [-0.39, 0.29) is 46.7 Å². The number of hydrogen-bond donors (Lipinski definition) is 1. The number of aliphatic carboxylic acids is 1. The molecule has 3 saturated carbocycles. The first-order valence-electron chi connectivity index (χ1n) is 13.4. The SMILES string of the molecule is CC1(C)[C@@H]2C[C@@H](N(CC(=O)c3c(Cl)cccc3Cl)C(=O)c3cnn([C@H]4CC[C@@H](C(=O)O)CC4)c3C(F)(F)F)C[C@@H]21. The fourth-order valence-electron chi connectivity index (χ4n) is 6.90. The first-order chi connectivity index (χ1) is 18.7. The highest BCUT2D eigenvalue weighted by atomic mass is 35.5. The molecule has 216 valence electrons. The fourth-order valence-corrected chi connectivity index (χ4v) is 7.50. The van der Waals surface area contributed by atoms with Gasteiger partial charge in [0.2, 0.25) is 0 Å². The molecule has 0 unspecified atom stereocenters. The van der Waals surface area contributed by atoms with E-state index in [9.17, 15) is 32.7 Å². The Kier molecular flexibility index (Phi) is 7.48. The number of Topliss-reactive ketones (excluding diaryl/α,β-unsaturated/α-hetero) is 1. The molecule has 3 aliphatic carbocycles. The second-order valence-electron chi connectivity index (χ2n) is 11.8. The first kappa shape index (κ1) is 28.9. The van der Waals surface area contributed by atoms with Crippen LogP contribution in [0, 0.1) is 23.2 Å². The van der Waals surface area contributed by atoms with Crippen LogP contribution in [-0.2, 0) is 11.0 Å². The Labute approximate surface area is 239 Å². The molecule has 12 heteroatoms. The number of aromatic nitrogens is 2. The molecule has 1 amide bonds. The Morgan fingerprint density at radius 2 is 1.65 bits per heavy atom. The van der Waals surface area contributed by atoms with Gasteiger partial charge in [-0.1, -0.05) is 43.1 Å². The molecule has 0 bridgehead atoms. The van der Waals surface area contributed by atoms with Crippen LogP contribution in [0.1, 0.15) is 84.8 Å². The van der Waals surface area contributed by atoms with Crippen LogP contribution in [-0.4, -0.2) is 50.0 Å². The average molecular weight is 600 g/mol. The summed E-state index contributed by atoms with van der Waals surface area (Å²) in [5, 5.41) is 13.5. The van der Waals surface area contributed by atoms with Crippen molar-refractivity contribution >= 4 is 40.9 Å². The highest BCUT2D eigenvalue weighted by Gasteiger charge is 2.63. The Hall–Kier alpha value is -2.59. The minimum Gasteiger partial charge on any atom is -0.481 e. The number of amides is 1. The molecule has 0 spiro atoms. The summed E-state index contributed by atoms with van der Waals surface area (Å²) in [7, 11) is 0. The Morgan fingerprint density at radius 1 is 1.07 bits per heavy atom. The number of carbonyl (C=O) groups is 3. The zero-order chi connectivity index (χ0) is 29.1. The van der Waals surface area contributed by atoms with Crippen molar-refractivity contribution in [3.05, 3.63) is 51.3 Å². The Balaban J connectivity index is 1.47. The Bertz CT molecular complexity index is 1320. The molecular formula is C28H30Cl2F3N3O4. The quantitative estimate of drug-likeness (QED) is 0.354. The molecule has 5 rings (SSSR count). The lowest BCUT2D eigenvalue weighted by atomic mass is 9.86. The zero-order valence-corrected chi connectivity index (χ0v) is 23.6. The smallest absolute Gasteiger partial charge is 0.433 e. The van der Waals surface area contributed by atoms with Crippen LogP contribution in [0.2, 0.25) is 10.0 Å². The van der Waals surface area contributed by atoms with Gasteiger partial charge in [-0.2, -0.15) is 18.3 Å². The third-order valence-electron chi connectivity index (χ3n) is 9.28. The van der Waals surface area contributed by atoms with Gasteiger partial charge in [0.15, 0.2) is 11.5 Å². The molecule has 2 aromatic rings. The third kappa shape index (κ3) is 5.13. The first-order valence-corrected chi connectivity index (χ1v) is 14.1. The van der Waals surface area contributed by atoms with Gasteiger partial charge in [0.1, 0.15) is 0 Å². The van der Waals surface area contributed by atoms with Crippen LogP contribution in [0.15, 0.2) is 24.4 Å². The molecule has 0 aliphatic heterocycles. The second-order valence-corrected chi connectivity index (χ2v) is 12.6. The van der Waals surface area contributed by atoms with Crippen molar-refractivity contribution in [1.29, 1.82) is 0 Å². The van der Waals surface area contributed by atoms with E-state index in [4.69, 9.17) is 23.2 Å². The van der Waals surface area contributed by atoms with E-state index >= 15 is 0 Å². The van der Waals surface area contributed by atoms with Gasteiger partial charge >= 0.3 is 12.1 Å². The molecule has 1 aromatic carbocycles. The summed E-state index contributed by atoms with van der Waals surface area (Å²) in [5.74, 6) is -2.42. The minimum absolute atomic E-state index is 0.0223. The van der Waals surface area contributed by atoms with Crippen LogP contribution in [0.5, 0.6) is 0 Å². The molecule has 3 atom stereocenters. The summed E-state index contributed by atoms with van der Waals surface area (Å²) in [6, 6.07) is 3.45. The second kappa shape index (κ2) is 10.4. The lowest BCUT2D eigenvalue weighted by Crippen LogP contribution is -2.44. The van der Waals surface area contributed by atoms with E-state index in [1.165, 1.54) is 17.0 Å². The van der Waals surface area contributed by atoms with E-state index in [1.54, 1.807) is 6.07 Å². The Morgan fingerprint density at radius 3 is 2.17 bits per heavy atom. The van der Waals surface area contributed by atoms with Gasteiger partial charge in [-0.25, -0.2) is 0 Å². The highest BCUT2D eigenvalue weighted by Crippen LogP contribution is 2.67. The maximum Gasteiger partial charge on any atom is 0.433 e. The molecule has 0 saturated heterocycles. The van der Waals surface area contributed by atoms with Crippen LogP contribution in [0.25, 0.3) is 0 Å². The van der Waals surface area contributed by atoms with Gasteiger partial charge < -0.3 is 10.0 Å². The van der Waals surface area contributed by atoms with Crippen LogP contribution in [0.3, 0.4) is 0 Å². The molecule has 3 fully saturated rings. The van der Waals surface area contributed by atoms with E-state index in [0.29, 0.717) is 24.7 Å². The number of rotatable bonds is 7. The number of alkyl halides is 3. The number of hydrogen-bond acceptors (Lipinski definition) is 4. The summed E-state index contributed by atoms with van der Waals surface area (Å²) in [4.78, 5) is 39.9. The minimum atomic E-state index is -4.90. The summed E-state index contributed by atoms with van der Waals surface area (Å²) < 4.78 is 44.3. The molecule has 1 heterocycles. The van der Waals surface area contributed by atoms with Crippen molar-refractivity contribution in [2.24, 2.45) is 23.2 Å². The zero-order valence-electron chi connectivity index (χ0n) is 22.0. The summed E-state index contributed by atoms with van der Waals surface area (Å²) in [6.45, 7) is 3.79. The topological polar surface area (TPSA) is 92.5 Å². The van der Waals surface area contributed by atoms with Gasteiger partial charge in [-0.05, 0) is 67.9 Å². The van der Waals surface area contributed by atoms with Crippen molar-refractivity contribution in [3.8, 4) is 0 Å². The molecule has 40 heavy (non-hydrogen) atoms. The summed E-state index contributed by atoms with van der Waals surface area (Å²) >= 11 is 12.5. The fraction of sp³-hybridized carbons (Fsp3) is 0.571. The van der Waals surface area contributed by atoms with E-state index < -0.39 is 59.6 Å². The molecular weight excluding hydrogens is 570 g/mol. The molecule has 7 nitrogen and oxygen atoms in total. The number of benzene rings is 1. The van der Waals surface area contributed by atoms with Gasteiger partial charge in [0, 0.05) is 6.04 Å². The highest BCUT2D eigenvalue weighted by molar-refractivity contribution is 6.40. The molecule has 3 aliphatic rings. The predicted octanol–water partition coefficient (Wildman–Crippen LogP) is 6.78. The number of carboxylic acids is 1. The van der Waals surface area contributed by atoms with Crippen LogP contribution in [0.4, 0.5) is 13.2 Å². The van der Waals surface area contributed by atoms with Crippen molar-refractivity contribution in [1.82, 2.24) is 14.7 Å². The van der Waals surface area contributed by atoms with E-state index in [0.717, 1.165) is 10.9 Å². The number of ketones is 1. The summed E-state index contributed by atoms with van der Waals surface area (Å²) in [6.07, 6.45) is -1.96. The third-order valence-corrected chi connectivity index (χ3v) is 9.91. The monoisotopic (exact) mass is 599 g/mol. The van der Waals surface area contributed by atoms with Gasteiger partial charge in [-0.15, -0.1) is 0 Å². The van der Waals surface area contributed by atoms with E-state index in [2.05, 4.69) is 18.9 Å². The standard InChI is InChI=1S/C28H30Cl2F3N3O4/c1-27(2)18-10-16(11-19(18)27)35(13-22(37)23-20(29)4-3-5-21(23)30)25(38)17-12-34-36(24(17)28(31,32)33)15-8-6-14(7-9-15)26(39)40/h3-5,12,14-16,18-19H,6-11,13H2,1-2H3,(H,39,40)/t14-,15+,16-,18-,19+. The number of fused-ring (bicyclic) bond motifs is 1. The summed E-state index contributed by atoms with van der Waals surface area (Å²) in [5.41, 5.74) is -1.68. The lowest BCUT2D eigenvalue weighted by molar-refractivity contribution is -0.147. The van der Waals surface area contributed by atoms with Crippen molar-refractivity contribution in [2.75, 3.05) is 6.54 Å². The number of nitrogens with zero attached hydrogens (tertiary/aromatic N) is 3. The number of halogens is 5. The lowest BCUT2D eigenvalue weighted by Gasteiger charge is -2.32. The van der Waals surface area contributed by atoms with Crippen molar-refractivity contribution in [2.45, 2.75) is 70.6 Å². The predicted molar refractivity (Wildman–Crippen MR) is 141 cm³/mol. The molecule has 0 radical (unpaired) electrons. The van der Waals surface area contributed by atoms with Crippen LogP contribution < -0.4 is 0 Å². The van der Waals surface area contributed by atoms with Gasteiger partial charge in [-0.3, -0.25) is 19.1 Å². The number of carbonyl (C=O) groups excluding carboxylic acids is 2. The van der Waals surface area contributed by atoms with E-state index in [1.807, 2.05) is 0 Å². The maximum absolute atomic E-state index is 14.5. The maximum atomic E-state index is 14.5. The van der Waals surface area contributed by atoms with Gasteiger partial charge in [0.05, 0.1) is 45.9 Å². The number of carboxylic acid groups (broad SMARTS) is 1. The van der Waals surface area contributed by atoms with Gasteiger partial charge in [0.25, 0.3) is 5.91 Å². The average Bonchev–Trinajstić information content (AvgIpc) is 3.31. The molecule has 1 aromatic heterocycles.